The third kappa shape index (κ3) is 6.19. The number of hydrogen-bond donors (Lipinski definition) is 3. The van der Waals surface area contributed by atoms with Crippen LogP contribution in [0, 0.1) is 5.82 Å². The van der Waals surface area contributed by atoms with Crippen LogP contribution >= 0.6 is 24.0 Å². The molecular weight excluding hydrogens is 432 g/mol. The van der Waals surface area contributed by atoms with Crippen LogP contribution in [0.4, 0.5) is 4.39 Å². The lowest BCUT2D eigenvalue weighted by Crippen LogP contribution is -2.43. The van der Waals surface area contributed by atoms with E-state index < -0.39 is 5.82 Å². The number of guanidine groups is 1. The number of phenols is 1. The topological polar surface area (TPSA) is 56.7 Å². The summed E-state index contributed by atoms with van der Waals surface area (Å²) >= 11 is 0. The molecule has 0 bridgehead atoms. The first-order valence-corrected chi connectivity index (χ1v) is 8.00. The minimum atomic E-state index is -0.622. The van der Waals surface area contributed by atoms with Gasteiger partial charge < -0.3 is 15.7 Å². The Morgan fingerprint density at radius 1 is 1.16 bits per heavy atom. The molecule has 0 spiro atoms. The molecule has 25 heavy (non-hydrogen) atoms. The zero-order valence-electron chi connectivity index (χ0n) is 14.7. The first-order chi connectivity index (χ1) is 11.5. The molecule has 0 amide bonds. The van der Waals surface area contributed by atoms with E-state index in [1.54, 1.807) is 13.1 Å². The van der Waals surface area contributed by atoms with Crippen molar-refractivity contribution in [2.45, 2.75) is 32.4 Å². The van der Waals surface area contributed by atoms with Crippen molar-refractivity contribution in [1.82, 2.24) is 10.6 Å². The molecule has 6 heteroatoms. The molecule has 0 radical (unpaired) electrons. The van der Waals surface area contributed by atoms with Gasteiger partial charge in [-0.15, -0.1) is 24.0 Å². The van der Waals surface area contributed by atoms with Gasteiger partial charge in [0.05, 0.1) is 0 Å². The minimum Gasteiger partial charge on any atom is -0.505 e. The molecule has 0 saturated heterocycles. The largest absolute Gasteiger partial charge is 0.505 e. The lowest BCUT2D eigenvalue weighted by molar-refractivity contribution is 0.431. The molecule has 136 valence electrons. The van der Waals surface area contributed by atoms with Crippen LogP contribution in [0.3, 0.4) is 0 Å². The Bertz CT molecular complexity index is 694. The summed E-state index contributed by atoms with van der Waals surface area (Å²) in [6.07, 6.45) is 0. The van der Waals surface area contributed by atoms with E-state index in [-0.39, 0.29) is 35.8 Å². The maximum absolute atomic E-state index is 13.4. The first-order valence-electron chi connectivity index (χ1n) is 8.00. The summed E-state index contributed by atoms with van der Waals surface area (Å²) in [6, 6.07) is 14.8. The Hall–Kier alpha value is -1.83. The van der Waals surface area contributed by atoms with Crippen LogP contribution in [0.15, 0.2) is 53.5 Å². The number of aromatic hydroxyl groups is 1. The zero-order chi connectivity index (χ0) is 17.5. The van der Waals surface area contributed by atoms with Crippen molar-refractivity contribution in [2.24, 2.45) is 4.99 Å². The van der Waals surface area contributed by atoms with Gasteiger partial charge in [0.15, 0.2) is 17.5 Å². The number of aliphatic imine (C=N–C) groups is 1. The van der Waals surface area contributed by atoms with Gasteiger partial charge in [0.2, 0.25) is 0 Å². The van der Waals surface area contributed by atoms with E-state index in [1.807, 2.05) is 18.2 Å². The van der Waals surface area contributed by atoms with E-state index in [0.717, 1.165) is 5.56 Å². The predicted octanol–water partition coefficient (Wildman–Crippen LogP) is 4.01. The van der Waals surface area contributed by atoms with E-state index in [2.05, 4.69) is 41.6 Å². The van der Waals surface area contributed by atoms with Crippen molar-refractivity contribution < 1.29 is 9.50 Å². The summed E-state index contributed by atoms with van der Waals surface area (Å²) < 4.78 is 13.4. The van der Waals surface area contributed by atoms with Crippen molar-refractivity contribution >= 4 is 29.9 Å². The highest BCUT2D eigenvalue weighted by Crippen LogP contribution is 2.18. The lowest BCUT2D eigenvalue weighted by Gasteiger charge is -2.24. The molecule has 0 saturated carbocycles. The smallest absolute Gasteiger partial charge is 0.191 e. The lowest BCUT2D eigenvalue weighted by atomic mass is 9.94. The second-order valence-corrected chi connectivity index (χ2v) is 5.84. The Morgan fingerprint density at radius 2 is 1.84 bits per heavy atom. The van der Waals surface area contributed by atoms with Crippen molar-refractivity contribution in [3.05, 3.63) is 65.5 Å². The average molecular weight is 457 g/mol. The van der Waals surface area contributed by atoms with Gasteiger partial charge in [-0.05, 0) is 30.2 Å². The quantitative estimate of drug-likeness (QED) is 0.362. The molecule has 0 aliphatic rings. The molecule has 3 N–H and O–H groups in total. The highest BCUT2D eigenvalue weighted by atomic mass is 127. The molecule has 2 rings (SSSR count). The van der Waals surface area contributed by atoms with E-state index in [9.17, 15) is 9.50 Å². The number of nitrogens with zero attached hydrogens (tertiary/aromatic N) is 1. The van der Waals surface area contributed by atoms with Crippen molar-refractivity contribution in [2.75, 3.05) is 7.05 Å². The van der Waals surface area contributed by atoms with Crippen LogP contribution in [0.2, 0.25) is 0 Å². The first kappa shape index (κ1) is 21.2. The molecule has 2 aromatic carbocycles. The van der Waals surface area contributed by atoms with E-state index in [4.69, 9.17) is 0 Å². The van der Waals surface area contributed by atoms with Gasteiger partial charge in [-0.3, -0.25) is 4.99 Å². The number of benzene rings is 2. The third-order valence-electron chi connectivity index (χ3n) is 4.14. The van der Waals surface area contributed by atoms with Gasteiger partial charge >= 0.3 is 0 Å². The Balaban J connectivity index is 0.00000312. The second kappa shape index (κ2) is 10.2. The fourth-order valence-corrected chi connectivity index (χ4v) is 2.43. The number of rotatable bonds is 5. The standard InChI is InChI=1S/C19H24FN3O.HI/c1-13(16-7-5-4-6-8-16)14(2)23-19(21-3)22-12-15-9-10-18(24)17(20)11-15;/h4-11,13-14,24H,12H2,1-3H3,(H2,21,22,23);1H. The van der Waals surface area contributed by atoms with Crippen LogP contribution in [0.25, 0.3) is 0 Å². The van der Waals surface area contributed by atoms with Gasteiger partial charge in [0, 0.05) is 25.6 Å². The van der Waals surface area contributed by atoms with Crippen molar-refractivity contribution in [3.63, 3.8) is 0 Å². The second-order valence-electron chi connectivity index (χ2n) is 5.84. The summed E-state index contributed by atoms with van der Waals surface area (Å²) in [5, 5.41) is 15.7. The van der Waals surface area contributed by atoms with E-state index in [1.165, 1.54) is 17.7 Å². The van der Waals surface area contributed by atoms with Crippen LogP contribution in [0.1, 0.15) is 30.9 Å². The van der Waals surface area contributed by atoms with Crippen LogP contribution in [0.5, 0.6) is 5.75 Å². The molecule has 0 aliphatic carbocycles. The van der Waals surface area contributed by atoms with Crippen molar-refractivity contribution in [3.8, 4) is 5.75 Å². The summed E-state index contributed by atoms with van der Waals surface area (Å²) in [6.45, 7) is 4.68. The van der Waals surface area contributed by atoms with Crippen LogP contribution in [-0.2, 0) is 6.54 Å². The summed E-state index contributed by atoms with van der Waals surface area (Å²) in [5.74, 6) is 0.00418. The molecule has 0 fully saturated rings. The Morgan fingerprint density at radius 3 is 2.44 bits per heavy atom. The summed E-state index contributed by atoms with van der Waals surface area (Å²) in [5.41, 5.74) is 1.99. The van der Waals surface area contributed by atoms with E-state index >= 15 is 0 Å². The number of hydrogen-bond acceptors (Lipinski definition) is 2. The SMILES string of the molecule is CN=C(NCc1ccc(O)c(F)c1)NC(C)C(C)c1ccccc1.I. The average Bonchev–Trinajstić information content (AvgIpc) is 2.61. The Kier molecular flexibility index (Phi) is 8.68. The molecule has 0 heterocycles. The molecule has 0 aromatic heterocycles. The zero-order valence-corrected chi connectivity index (χ0v) is 17.0. The molecule has 2 aromatic rings. The summed E-state index contributed by atoms with van der Waals surface area (Å²) in [4.78, 5) is 4.21. The van der Waals surface area contributed by atoms with E-state index in [0.29, 0.717) is 18.4 Å². The Labute approximate surface area is 165 Å². The highest BCUT2D eigenvalue weighted by Gasteiger charge is 2.15. The molecule has 2 unspecified atom stereocenters. The highest BCUT2D eigenvalue weighted by molar-refractivity contribution is 14.0. The number of nitrogens with one attached hydrogen (secondary N) is 2. The third-order valence-corrected chi connectivity index (χ3v) is 4.14. The number of phenolic OH excluding ortho intramolecular Hbond substituents is 1. The van der Waals surface area contributed by atoms with Gasteiger partial charge in [0.25, 0.3) is 0 Å². The fraction of sp³-hybridized carbons (Fsp3) is 0.316. The molecular formula is C19H25FIN3O. The molecule has 2 atom stereocenters. The normalized spacial score (nSPS) is 13.5. The maximum Gasteiger partial charge on any atom is 0.191 e. The van der Waals surface area contributed by atoms with Gasteiger partial charge in [-0.1, -0.05) is 43.3 Å². The van der Waals surface area contributed by atoms with Gasteiger partial charge in [-0.25, -0.2) is 4.39 Å². The molecule has 0 aliphatic heterocycles. The maximum atomic E-state index is 13.4. The minimum absolute atomic E-state index is 0. The van der Waals surface area contributed by atoms with Gasteiger partial charge in [0.1, 0.15) is 0 Å². The number of halogens is 2. The monoisotopic (exact) mass is 457 g/mol. The van der Waals surface area contributed by atoms with Crippen molar-refractivity contribution in [1.29, 1.82) is 0 Å². The van der Waals surface area contributed by atoms with Crippen LogP contribution < -0.4 is 10.6 Å². The van der Waals surface area contributed by atoms with Crippen LogP contribution in [-0.4, -0.2) is 24.2 Å². The predicted molar refractivity (Wildman–Crippen MR) is 111 cm³/mol. The van der Waals surface area contributed by atoms with Gasteiger partial charge in [-0.2, -0.15) is 0 Å². The fourth-order valence-electron chi connectivity index (χ4n) is 2.43. The molecule has 4 nitrogen and oxygen atoms in total. The summed E-state index contributed by atoms with van der Waals surface area (Å²) in [7, 11) is 1.70.